The lowest BCUT2D eigenvalue weighted by atomic mass is 10.1. The van der Waals surface area contributed by atoms with Crippen LogP contribution >= 0.6 is 0 Å². The van der Waals surface area contributed by atoms with Crippen molar-refractivity contribution in [3.8, 4) is 0 Å². The molecule has 3 N–H and O–H groups in total. The highest BCUT2D eigenvalue weighted by Gasteiger charge is 2.18. The van der Waals surface area contributed by atoms with Crippen LogP contribution < -0.4 is 5.32 Å². The van der Waals surface area contributed by atoms with E-state index < -0.39 is 12.1 Å². The van der Waals surface area contributed by atoms with Crippen LogP contribution in [-0.4, -0.2) is 47.4 Å². The number of aliphatic hydroxyl groups is 2. The smallest absolute Gasteiger partial charge is 0.305 e. The van der Waals surface area contributed by atoms with Gasteiger partial charge in [-0.2, -0.15) is 0 Å². The minimum Gasteiger partial charge on any atom is -0.466 e. The first-order valence-corrected chi connectivity index (χ1v) is 24.3. The molecule has 0 aromatic rings. The van der Waals surface area contributed by atoms with Crippen molar-refractivity contribution >= 4 is 11.9 Å². The summed E-state index contributed by atoms with van der Waals surface area (Å²) in [6.45, 7) is 4.79. The van der Waals surface area contributed by atoms with Gasteiger partial charge in [0.1, 0.15) is 0 Å². The molecule has 0 saturated heterocycles. The largest absolute Gasteiger partial charge is 0.466 e. The third-order valence-corrected chi connectivity index (χ3v) is 10.9. The summed E-state index contributed by atoms with van der Waals surface area (Å²) >= 11 is 0. The molecule has 0 heterocycles. The maximum Gasteiger partial charge on any atom is 0.305 e. The van der Waals surface area contributed by atoms with Gasteiger partial charge in [-0.05, 0) is 83.5 Å². The molecule has 328 valence electrons. The van der Waals surface area contributed by atoms with Gasteiger partial charge in [0.2, 0.25) is 5.91 Å². The molecule has 0 radical (unpaired) electrons. The van der Waals surface area contributed by atoms with E-state index in [2.05, 4.69) is 43.5 Å². The summed E-state index contributed by atoms with van der Waals surface area (Å²) in [5.41, 5.74) is 0. The fourth-order valence-corrected chi connectivity index (χ4v) is 7.09. The number of hydrogen-bond donors (Lipinski definition) is 3. The molecule has 0 spiro atoms. The molecule has 2 atom stereocenters. The molecule has 0 aliphatic rings. The number of amides is 1. The van der Waals surface area contributed by atoms with E-state index in [1.807, 2.05) is 6.08 Å². The second-order valence-electron chi connectivity index (χ2n) is 16.4. The molecule has 0 aliphatic carbocycles. The Labute approximate surface area is 347 Å². The van der Waals surface area contributed by atoms with E-state index in [0.29, 0.717) is 19.4 Å². The van der Waals surface area contributed by atoms with Gasteiger partial charge in [-0.25, -0.2) is 0 Å². The van der Waals surface area contributed by atoms with Crippen LogP contribution in [0.4, 0.5) is 0 Å². The first-order chi connectivity index (χ1) is 27.5. The fourth-order valence-electron chi connectivity index (χ4n) is 7.09. The third-order valence-electron chi connectivity index (χ3n) is 10.9. The van der Waals surface area contributed by atoms with Crippen molar-refractivity contribution in [3.05, 3.63) is 36.5 Å². The van der Waals surface area contributed by atoms with Crippen LogP contribution in [0, 0.1) is 0 Å². The topological polar surface area (TPSA) is 95.9 Å². The normalized spacial score (nSPS) is 13.0. The maximum atomic E-state index is 12.4. The number of nitrogens with one attached hydrogen (secondary N) is 1. The first kappa shape index (κ1) is 54.1. The van der Waals surface area contributed by atoms with E-state index in [4.69, 9.17) is 4.74 Å². The van der Waals surface area contributed by atoms with Crippen molar-refractivity contribution in [2.24, 2.45) is 0 Å². The lowest BCUT2D eigenvalue weighted by molar-refractivity contribution is -0.143. The van der Waals surface area contributed by atoms with Crippen LogP contribution in [-0.2, 0) is 14.3 Å². The quantitative estimate of drug-likeness (QED) is 0.0325. The predicted molar refractivity (Wildman–Crippen MR) is 241 cm³/mol. The molecule has 0 saturated carbocycles. The number of unbranched alkanes of at least 4 members (excludes halogenated alkanes) is 29. The van der Waals surface area contributed by atoms with E-state index >= 15 is 0 Å². The van der Waals surface area contributed by atoms with Gasteiger partial charge in [-0.3, -0.25) is 9.59 Å². The Hall–Kier alpha value is -1.92. The average Bonchev–Trinajstić information content (AvgIpc) is 3.20. The molecule has 0 bridgehead atoms. The van der Waals surface area contributed by atoms with Crippen molar-refractivity contribution in [1.82, 2.24) is 5.32 Å². The number of ether oxygens (including phenoxy) is 1. The van der Waals surface area contributed by atoms with Gasteiger partial charge < -0.3 is 20.3 Å². The lowest BCUT2D eigenvalue weighted by Crippen LogP contribution is -2.45. The number of carbonyl (C=O) groups excluding carboxylic acids is 2. The number of hydrogen-bond acceptors (Lipinski definition) is 5. The second-order valence-corrected chi connectivity index (χ2v) is 16.4. The van der Waals surface area contributed by atoms with Gasteiger partial charge in [0, 0.05) is 12.8 Å². The zero-order chi connectivity index (χ0) is 40.8. The van der Waals surface area contributed by atoms with E-state index in [9.17, 15) is 19.8 Å². The Morgan fingerprint density at radius 2 is 0.839 bits per heavy atom. The minimum atomic E-state index is -0.861. The summed E-state index contributed by atoms with van der Waals surface area (Å²) in [6, 6.07) is -0.647. The number of esters is 1. The Bertz CT molecular complexity index is 915. The van der Waals surface area contributed by atoms with Gasteiger partial charge in [-0.1, -0.05) is 185 Å². The van der Waals surface area contributed by atoms with Crippen molar-refractivity contribution in [2.45, 2.75) is 257 Å². The van der Waals surface area contributed by atoms with E-state index in [1.54, 1.807) is 6.08 Å². The molecule has 0 rings (SSSR count). The highest BCUT2D eigenvalue weighted by Crippen LogP contribution is 2.14. The van der Waals surface area contributed by atoms with Crippen molar-refractivity contribution in [1.29, 1.82) is 0 Å². The standard InChI is InChI=1S/C50H93NO5/c1-3-5-7-9-11-13-15-16-17-18-19-20-21-24-28-32-36-40-44-50(55)56-45-41-37-33-29-25-22-23-27-31-35-39-43-49(54)51-47(46-52)48(53)42-38-34-30-26-14-12-10-8-6-4-2/h17-18,25,29,38,42,47-48,52-53H,3-16,19-24,26-28,30-37,39-41,43-46H2,1-2H3,(H,51,54)/b18-17-,29-25-,42-38+. The first-order valence-electron chi connectivity index (χ1n) is 24.3. The van der Waals surface area contributed by atoms with Crippen LogP contribution in [0.25, 0.3) is 0 Å². The molecular weight excluding hydrogens is 695 g/mol. The fraction of sp³-hybridized carbons (Fsp3) is 0.840. The van der Waals surface area contributed by atoms with Crippen molar-refractivity contribution in [3.63, 3.8) is 0 Å². The molecule has 0 aromatic carbocycles. The molecule has 6 heteroatoms. The van der Waals surface area contributed by atoms with Crippen LogP contribution in [0.2, 0.25) is 0 Å². The second kappa shape index (κ2) is 45.8. The van der Waals surface area contributed by atoms with Gasteiger partial charge >= 0.3 is 5.97 Å². The molecule has 1 amide bonds. The molecule has 2 unspecified atom stereocenters. The van der Waals surface area contributed by atoms with Gasteiger partial charge in [0.05, 0.1) is 25.4 Å². The Morgan fingerprint density at radius 3 is 1.27 bits per heavy atom. The third kappa shape index (κ3) is 41.7. The monoisotopic (exact) mass is 788 g/mol. The van der Waals surface area contributed by atoms with E-state index in [0.717, 1.165) is 83.5 Å². The van der Waals surface area contributed by atoms with Crippen LogP contribution in [0.15, 0.2) is 36.5 Å². The summed E-state index contributed by atoms with van der Waals surface area (Å²) in [5.74, 6) is -0.138. The maximum absolute atomic E-state index is 12.4. The summed E-state index contributed by atoms with van der Waals surface area (Å²) in [4.78, 5) is 24.4. The summed E-state index contributed by atoms with van der Waals surface area (Å²) < 4.78 is 5.44. The summed E-state index contributed by atoms with van der Waals surface area (Å²) in [5, 5.41) is 22.9. The van der Waals surface area contributed by atoms with Gasteiger partial charge in [0.25, 0.3) is 0 Å². The minimum absolute atomic E-state index is 0.0372. The Balaban J connectivity index is 3.52. The molecule has 0 fully saturated rings. The molecular formula is C50H93NO5. The summed E-state index contributed by atoms with van der Waals surface area (Å²) in [7, 11) is 0. The van der Waals surface area contributed by atoms with Crippen LogP contribution in [0.1, 0.15) is 245 Å². The van der Waals surface area contributed by atoms with Crippen LogP contribution in [0.3, 0.4) is 0 Å². The zero-order valence-corrected chi connectivity index (χ0v) is 37.1. The summed E-state index contributed by atoms with van der Waals surface area (Å²) in [6.07, 6.45) is 54.3. The predicted octanol–water partition coefficient (Wildman–Crippen LogP) is 14.1. The number of aliphatic hydroxyl groups excluding tert-OH is 2. The van der Waals surface area contributed by atoms with Crippen molar-refractivity contribution < 1.29 is 24.5 Å². The SMILES string of the molecule is CCCCCCCCC/C=C\CCCCCCCCCC(=O)OCCCC/C=C\CCCCCCCC(=O)NC(CO)C(O)/C=C/CCCCCCCCCC. The van der Waals surface area contributed by atoms with Gasteiger partial charge in [-0.15, -0.1) is 0 Å². The lowest BCUT2D eigenvalue weighted by Gasteiger charge is -2.20. The number of rotatable bonds is 44. The van der Waals surface area contributed by atoms with Crippen LogP contribution in [0.5, 0.6) is 0 Å². The number of carbonyl (C=O) groups is 2. The molecule has 0 aromatic heterocycles. The molecule has 0 aliphatic heterocycles. The number of allylic oxidation sites excluding steroid dienone is 5. The van der Waals surface area contributed by atoms with Crippen molar-refractivity contribution in [2.75, 3.05) is 13.2 Å². The highest BCUT2D eigenvalue weighted by molar-refractivity contribution is 5.76. The van der Waals surface area contributed by atoms with E-state index in [-0.39, 0.29) is 18.5 Å². The zero-order valence-electron chi connectivity index (χ0n) is 37.1. The highest BCUT2D eigenvalue weighted by atomic mass is 16.5. The Kier molecular flexibility index (Phi) is 44.2. The van der Waals surface area contributed by atoms with E-state index in [1.165, 1.54) is 135 Å². The van der Waals surface area contributed by atoms with Gasteiger partial charge in [0.15, 0.2) is 0 Å². The average molecular weight is 788 g/mol. The molecule has 6 nitrogen and oxygen atoms in total. The molecule has 56 heavy (non-hydrogen) atoms. The Morgan fingerprint density at radius 1 is 0.482 bits per heavy atom.